The average molecular weight is 331 g/mol. The summed E-state index contributed by atoms with van der Waals surface area (Å²) in [7, 11) is 1.66. The standard InChI is InChI=1S/C17H18FN3O3/c1-19-17(20-8-11-2-4-14(22)13(18)6-11)21-9-12-3-5-15-16(7-12)24-10-23-15/h2-7,22H,8-10H2,1H3,(H2,19,20,21). The SMILES string of the molecule is CN=C(NCc1ccc(O)c(F)c1)NCc1ccc2c(c1)OCO2. The molecule has 2 aromatic rings. The number of hydrogen-bond donors (Lipinski definition) is 3. The summed E-state index contributed by atoms with van der Waals surface area (Å²) in [6, 6.07) is 10.00. The van der Waals surface area contributed by atoms with Crippen molar-refractivity contribution < 1.29 is 19.0 Å². The van der Waals surface area contributed by atoms with Gasteiger partial charge < -0.3 is 25.2 Å². The van der Waals surface area contributed by atoms with E-state index < -0.39 is 5.82 Å². The van der Waals surface area contributed by atoms with Crippen molar-refractivity contribution in [3.05, 3.63) is 53.3 Å². The second-order valence-corrected chi connectivity index (χ2v) is 5.25. The van der Waals surface area contributed by atoms with E-state index in [9.17, 15) is 9.50 Å². The lowest BCUT2D eigenvalue weighted by Gasteiger charge is -2.12. The summed E-state index contributed by atoms with van der Waals surface area (Å²) >= 11 is 0. The van der Waals surface area contributed by atoms with Gasteiger partial charge in [0.2, 0.25) is 6.79 Å². The van der Waals surface area contributed by atoms with Crippen molar-refractivity contribution in [1.82, 2.24) is 10.6 Å². The van der Waals surface area contributed by atoms with E-state index >= 15 is 0 Å². The summed E-state index contributed by atoms with van der Waals surface area (Å²) < 4.78 is 23.9. The maximum absolute atomic E-state index is 13.3. The predicted molar refractivity (Wildman–Crippen MR) is 87.7 cm³/mol. The molecule has 7 heteroatoms. The van der Waals surface area contributed by atoms with Crippen molar-refractivity contribution in [3.63, 3.8) is 0 Å². The number of aliphatic imine (C=N–C) groups is 1. The molecule has 1 heterocycles. The van der Waals surface area contributed by atoms with Crippen LogP contribution in [0, 0.1) is 5.82 Å². The number of ether oxygens (including phenoxy) is 2. The van der Waals surface area contributed by atoms with Crippen molar-refractivity contribution in [2.45, 2.75) is 13.1 Å². The molecule has 0 aliphatic carbocycles. The normalized spacial score (nSPS) is 13.0. The van der Waals surface area contributed by atoms with Gasteiger partial charge in [0.25, 0.3) is 0 Å². The minimum Gasteiger partial charge on any atom is -0.505 e. The quantitative estimate of drug-likeness (QED) is 0.591. The zero-order valence-corrected chi connectivity index (χ0v) is 13.2. The highest BCUT2D eigenvalue weighted by Gasteiger charge is 2.13. The Bertz CT molecular complexity index is 765. The molecule has 0 fully saturated rings. The number of rotatable bonds is 4. The van der Waals surface area contributed by atoms with Gasteiger partial charge in [-0.15, -0.1) is 0 Å². The van der Waals surface area contributed by atoms with Crippen LogP contribution in [0.3, 0.4) is 0 Å². The van der Waals surface area contributed by atoms with Gasteiger partial charge in [0, 0.05) is 20.1 Å². The highest BCUT2D eigenvalue weighted by atomic mass is 19.1. The summed E-state index contributed by atoms with van der Waals surface area (Å²) in [4.78, 5) is 4.13. The Labute approximate surface area is 138 Å². The van der Waals surface area contributed by atoms with Crippen LogP contribution in [0.5, 0.6) is 17.2 Å². The molecule has 0 radical (unpaired) electrons. The first-order chi connectivity index (χ1) is 11.7. The van der Waals surface area contributed by atoms with Crippen molar-refractivity contribution in [1.29, 1.82) is 0 Å². The third-order valence-corrected chi connectivity index (χ3v) is 3.59. The Morgan fingerprint density at radius 1 is 1.08 bits per heavy atom. The molecule has 1 aliphatic rings. The second kappa shape index (κ2) is 7.08. The Morgan fingerprint density at radius 2 is 1.75 bits per heavy atom. The third kappa shape index (κ3) is 3.68. The fraction of sp³-hybridized carbons (Fsp3) is 0.235. The van der Waals surface area contributed by atoms with Crippen LogP contribution >= 0.6 is 0 Å². The van der Waals surface area contributed by atoms with Crippen LogP contribution in [-0.4, -0.2) is 24.9 Å². The third-order valence-electron chi connectivity index (χ3n) is 3.59. The minimum absolute atomic E-state index is 0.249. The summed E-state index contributed by atoms with van der Waals surface area (Å²) in [5.74, 6) is 1.07. The molecule has 126 valence electrons. The Hall–Kier alpha value is -2.96. The molecule has 3 rings (SSSR count). The van der Waals surface area contributed by atoms with Crippen LogP contribution in [-0.2, 0) is 13.1 Å². The number of nitrogens with one attached hydrogen (secondary N) is 2. The van der Waals surface area contributed by atoms with E-state index in [4.69, 9.17) is 9.47 Å². The van der Waals surface area contributed by atoms with Crippen LogP contribution in [0.1, 0.15) is 11.1 Å². The highest BCUT2D eigenvalue weighted by molar-refractivity contribution is 5.79. The lowest BCUT2D eigenvalue weighted by molar-refractivity contribution is 0.174. The van der Waals surface area contributed by atoms with Gasteiger partial charge in [0.15, 0.2) is 29.0 Å². The first-order valence-electron chi connectivity index (χ1n) is 7.46. The smallest absolute Gasteiger partial charge is 0.231 e. The molecule has 0 saturated carbocycles. The van der Waals surface area contributed by atoms with E-state index in [1.54, 1.807) is 13.1 Å². The molecule has 0 aromatic heterocycles. The maximum Gasteiger partial charge on any atom is 0.231 e. The lowest BCUT2D eigenvalue weighted by atomic mass is 10.2. The van der Waals surface area contributed by atoms with E-state index in [0.29, 0.717) is 24.6 Å². The second-order valence-electron chi connectivity index (χ2n) is 5.25. The van der Waals surface area contributed by atoms with Gasteiger partial charge in [0.1, 0.15) is 0 Å². The zero-order chi connectivity index (χ0) is 16.9. The van der Waals surface area contributed by atoms with Crippen molar-refractivity contribution >= 4 is 5.96 Å². The van der Waals surface area contributed by atoms with Crippen LogP contribution in [0.15, 0.2) is 41.4 Å². The molecule has 0 bridgehead atoms. The molecular formula is C17H18FN3O3. The van der Waals surface area contributed by atoms with E-state index in [1.807, 2.05) is 18.2 Å². The fourth-order valence-electron chi connectivity index (χ4n) is 2.30. The first kappa shape index (κ1) is 15.9. The largest absolute Gasteiger partial charge is 0.505 e. The number of nitrogens with zero attached hydrogens (tertiary/aromatic N) is 1. The lowest BCUT2D eigenvalue weighted by Crippen LogP contribution is -2.36. The average Bonchev–Trinajstić information content (AvgIpc) is 3.06. The molecule has 3 N–H and O–H groups in total. The van der Waals surface area contributed by atoms with Crippen LogP contribution < -0.4 is 20.1 Å². The summed E-state index contributed by atoms with van der Waals surface area (Å²) in [6.45, 7) is 1.19. The Balaban J connectivity index is 1.54. The number of fused-ring (bicyclic) bond motifs is 1. The van der Waals surface area contributed by atoms with Crippen LogP contribution in [0.4, 0.5) is 4.39 Å². The van der Waals surface area contributed by atoms with Gasteiger partial charge in [-0.2, -0.15) is 0 Å². The van der Waals surface area contributed by atoms with Crippen LogP contribution in [0.2, 0.25) is 0 Å². The molecule has 0 saturated heterocycles. The topological polar surface area (TPSA) is 75.1 Å². The van der Waals surface area contributed by atoms with Gasteiger partial charge in [-0.1, -0.05) is 12.1 Å². The van der Waals surface area contributed by atoms with E-state index in [1.165, 1.54) is 12.1 Å². The van der Waals surface area contributed by atoms with Crippen molar-refractivity contribution in [3.8, 4) is 17.2 Å². The summed E-state index contributed by atoms with van der Waals surface area (Å²) in [5.41, 5.74) is 1.73. The van der Waals surface area contributed by atoms with Gasteiger partial charge in [-0.25, -0.2) is 4.39 Å². The predicted octanol–water partition coefficient (Wildman–Crippen LogP) is 2.13. The maximum atomic E-state index is 13.3. The summed E-state index contributed by atoms with van der Waals surface area (Å²) in [6.07, 6.45) is 0. The van der Waals surface area contributed by atoms with E-state index in [2.05, 4.69) is 15.6 Å². The van der Waals surface area contributed by atoms with Gasteiger partial charge in [0.05, 0.1) is 0 Å². The van der Waals surface area contributed by atoms with Gasteiger partial charge >= 0.3 is 0 Å². The van der Waals surface area contributed by atoms with Crippen molar-refractivity contribution in [2.75, 3.05) is 13.8 Å². The fourth-order valence-corrected chi connectivity index (χ4v) is 2.30. The van der Waals surface area contributed by atoms with Crippen LogP contribution in [0.25, 0.3) is 0 Å². The molecule has 0 amide bonds. The number of guanidine groups is 1. The van der Waals surface area contributed by atoms with Gasteiger partial charge in [-0.3, -0.25) is 4.99 Å². The number of phenolic OH excluding ortho intramolecular Hbond substituents is 1. The monoisotopic (exact) mass is 331 g/mol. The molecule has 2 aromatic carbocycles. The molecule has 0 atom stereocenters. The number of hydrogen-bond acceptors (Lipinski definition) is 4. The number of benzene rings is 2. The zero-order valence-electron chi connectivity index (χ0n) is 13.2. The molecular weight excluding hydrogens is 313 g/mol. The van der Waals surface area contributed by atoms with Gasteiger partial charge in [-0.05, 0) is 35.4 Å². The number of aromatic hydroxyl groups is 1. The minimum atomic E-state index is -0.641. The molecule has 6 nitrogen and oxygen atoms in total. The molecule has 24 heavy (non-hydrogen) atoms. The van der Waals surface area contributed by atoms with E-state index in [-0.39, 0.29) is 12.5 Å². The molecule has 1 aliphatic heterocycles. The number of halogens is 1. The van der Waals surface area contributed by atoms with E-state index in [0.717, 1.165) is 17.1 Å². The molecule has 0 unspecified atom stereocenters. The Morgan fingerprint density at radius 3 is 2.46 bits per heavy atom. The first-order valence-corrected chi connectivity index (χ1v) is 7.46. The molecule has 0 spiro atoms. The number of phenols is 1. The highest BCUT2D eigenvalue weighted by Crippen LogP contribution is 2.32. The van der Waals surface area contributed by atoms with Crippen molar-refractivity contribution in [2.24, 2.45) is 4.99 Å². The Kier molecular flexibility index (Phi) is 4.69. The summed E-state index contributed by atoms with van der Waals surface area (Å²) in [5, 5.41) is 15.5.